The maximum Gasteiger partial charge on any atom is 0.304 e. The predicted molar refractivity (Wildman–Crippen MR) is 110 cm³/mol. The minimum atomic E-state index is -3.68. The van der Waals surface area contributed by atoms with Crippen LogP contribution in [0.1, 0.15) is 75.4 Å². The first kappa shape index (κ1) is 22.4. The fourth-order valence-corrected chi connectivity index (χ4v) is 5.00. The third-order valence-corrected chi connectivity index (χ3v) is 7.03. The highest BCUT2D eigenvalue weighted by Gasteiger charge is 2.24. The van der Waals surface area contributed by atoms with E-state index in [1.807, 2.05) is 0 Å². The molecule has 1 fully saturated rings. The van der Waals surface area contributed by atoms with Gasteiger partial charge < -0.3 is 9.63 Å². The molecule has 1 heterocycles. The van der Waals surface area contributed by atoms with E-state index >= 15 is 0 Å². The van der Waals surface area contributed by atoms with Crippen molar-refractivity contribution in [3.63, 3.8) is 0 Å². The van der Waals surface area contributed by atoms with Crippen molar-refractivity contribution in [2.24, 2.45) is 5.92 Å². The molecule has 1 aliphatic rings. The molecule has 0 saturated heterocycles. The Bertz CT molecular complexity index is 908. The molecule has 1 atom stereocenters. The van der Waals surface area contributed by atoms with E-state index in [1.54, 1.807) is 18.2 Å². The molecule has 164 valence electrons. The van der Waals surface area contributed by atoms with Gasteiger partial charge in [-0.05, 0) is 24.5 Å². The Labute approximate surface area is 177 Å². The Kier molecular flexibility index (Phi) is 7.98. The number of aliphatic carboxylic acids is 1. The summed E-state index contributed by atoms with van der Waals surface area (Å²) in [5.74, 6) is -0.0998. The van der Waals surface area contributed by atoms with Gasteiger partial charge in [0.25, 0.3) is 0 Å². The fourth-order valence-electron chi connectivity index (χ4n) is 4.00. The average molecular weight is 436 g/mol. The summed E-state index contributed by atoms with van der Waals surface area (Å²) >= 11 is 0. The molecule has 0 spiro atoms. The fraction of sp³-hybridized carbons (Fsp3) is 0.571. The van der Waals surface area contributed by atoms with Crippen molar-refractivity contribution >= 4 is 16.0 Å². The van der Waals surface area contributed by atoms with Crippen molar-refractivity contribution in [3.05, 3.63) is 42.0 Å². The van der Waals surface area contributed by atoms with Crippen LogP contribution < -0.4 is 4.72 Å². The highest BCUT2D eigenvalue weighted by molar-refractivity contribution is 7.89. The number of carboxylic acids is 1. The molecule has 30 heavy (non-hydrogen) atoms. The standard InChI is InChI=1S/C21H29N3O5S/c25-20(26)14-17(11-7-10-16-8-3-1-4-9-16)21-23-19(24-29-21)15-22-30(27,28)18-12-5-2-6-13-18/h2,5-6,12-13,16-17,22H,1,3-4,7-11,14-15H2,(H,25,26)/t17-/m1/s1. The molecule has 1 aliphatic carbocycles. The summed E-state index contributed by atoms with van der Waals surface area (Å²) in [4.78, 5) is 15.7. The van der Waals surface area contributed by atoms with Crippen molar-refractivity contribution in [1.29, 1.82) is 0 Å². The predicted octanol–water partition coefficient (Wildman–Crippen LogP) is 3.86. The molecule has 3 rings (SSSR count). The summed E-state index contributed by atoms with van der Waals surface area (Å²) in [5, 5.41) is 13.1. The third-order valence-electron chi connectivity index (χ3n) is 5.62. The molecule has 2 N–H and O–H groups in total. The molecule has 1 aromatic carbocycles. The second-order valence-corrected chi connectivity index (χ2v) is 9.68. The lowest BCUT2D eigenvalue weighted by molar-refractivity contribution is -0.137. The number of aromatic nitrogens is 2. The van der Waals surface area contributed by atoms with Crippen LogP contribution in [0.5, 0.6) is 0 Å². The van der Waals surface area contributed by atoms with Crippen LogP contribution in [0.3, 0.4) is 0 Å². The van der Waals surface area contributed by atoms with E-state index in [4.69, 9.17) is 4.52 Å². The van der Waals surface area contributed by atoms with Gasteiger partial charge in [0, 0.05) is 5.92 Å². The lowest BCUT2D eigenvalue weighted by atomic mass is 9.84. The van der Waals surface area contributed by atoms with Crippen LogP contribution in [0.15, 0.2) is 39.8 Å². The van der Waals surface area contributed by atoms with Gasteiger partial charge in [-0.3, -0.25) is 4.79 Å². The topological polar surface area (TPSA) is 122 Å². The monoisotopic (exact) mass is 435 g/mol. The molecule has 8 nitrogen and oxygen atoms in total. The van der Waals surface area contributed by atoms with Crippen molar-refractivity contribution in [1.82, 2.24) is 14.9 Å². The lowest BCUT2D eigenvalue weighted by Gasteiger charge is -2.21. The van der Waals surface area contributed by atoms with E-state index < -0.39 is 16.0 Å². The zero-order valence-electron chi connectivity index (χ0n) is 17.0. The SMILES string of the molecule is O=C(O)C[C@@H](CCCC1CCCCC1)c1nc(CNS(=O)(=O)c2ccccc2)no1. The van der Waals surface area contributed by atoms with Crippen molar-refractivity contribution in [2.75, 3.05) is 0 Å². The molecule has 0 unspecified atom stereocenters. The number of rotatable bonds is 11. The number of hydrogen-bond acceptors (Lipinski definition) is 6. The van der Waals surface area contributed by atoms with Gasteiger partial charge in [-0.1, -0.05) is 68.3 Å². The van der Waals surface area contributed by atoms with Crippen molar-refractivity contribution in [2.45, 2.75) is 75.1 Å². The van der Waals surface area contributed by atoms with E-state index in [0.29, 0.717) is 6.42 Å². The normalized spacial score (nSPS) is 16.4. The minimum absolute atomic E-state index is 0.0813. The molecule has 0 bridgehead atoms. The number of carbonyl (C=O) groups is 1. The zero-order chi connectivity index (χ0) is 21.4. The van der Waals surface area contributed by atoms with Crippen LogP contribution in [-0.4, -0.2) is 29.6 Å². The zero-order valence-corrected chi connectivity index (χ0v) is 17.8. The summed E-state index contributed by atoms with van der Waals surface area (Å²) in [6.45, 7) is -0.122. The Morgan fingerprint density at radius 1 is 1.20 bits per heavy atom. The van der Waals surface area contributed by atoms with Gasteiger partial charge in [0.2, 0.25) is 15.9 Å². The molecule has 0 radical (unpaired) electrons. The maximum atomic E-state index is 12.3. The third kappa shape index (κ3) is 6.63. The number of nitrogens with zero attached hydrogens (tertiary/aromatic N) is 2. The second kappa shape index (κ2) is 10.7. The highest BCUT2D eigenvalue weighted by Crippen LogP contribution is 2.31. The van der Waals surface area contributed by atoms with Crippen LogP contribution >= 0.6 is 0 Å². The summed E-state index contributed by atoms with van der Waals surface area (Å²) in [6, 6.07) is 8.02. The number of hydrogen-bond donors (Lipinski definition) is 2. The van der Waals surface area contributed by atoms with Gasteiger partial charge in [-0.2, -0.15) is 4.98 Å². The Morgan fingerprint density at radius 3 is 2.63 bits per heavy atom. The van der Waals surface area contributed by atoms with Gasteiger partial charge in [-0.25, -0.2) is 13.1 Å². The minimum Gasteiger partial charge on any atom is -0.481 e. The van der Waals surface area contributed by atoms with E-state index in [0.717, 1.165) is 18.8 Å². The number of carboxylic acid groups (broad SMARTS) is 1. The average Bonchev–Trinajstić information content (AvgIpc) is 3.22. The van der Waals surface area contributed by atoms with Crippen LogP contribution in [0, 0.1) is 5.92 Å². The summed E-state index contributed by atoms with van der Waals surface area (Å²) < 4.78 is 32.3. The molecule has 1 saturated carbocycles. The number of benzene rings is 1. The number of sulfonamides is 1. The van der Waals surface area contributed by atoms with E-state index in [2.05, 4.69) is 14.9 Å². The van der Waals surface area contributed by atoms with E-state index in [-0.39, 0.29) is 35.5 Å². The van der Waals surface area contributed by atoms with Crippen LogP contribution in [0.4, 0.5) is 0 Å². The molecular formula is C21H29N3O5S. The molecular weight excluding hydrogens is 406 g/mol. The molecule has 2 aromatic rings. The maximum absolute atomic E-state index is 12.3. The molecule has 9 heteroatoms. The van der Waals surface area contributed by atoms with Crippen molar-refractivity contribution in [3.8, 4) is 0 Å². The summed E-state index contributed by atoms with van der Waals surface area (Å²) in [7, 11) is -3.68. The Hall–Kier alpha value is -2.26. The highest BCUT2D eigenvalue weighted by atomic mass is 32.2. The van der Waals surface area contributed by atoms with E-state index in [9.17, 15) is 18.3 Å². The second-order valence-electron chi connectivity index (χ2n) is 7.92. The van der Waals surface area contributed by atoms with Gasteiger partial charge in [0.05, 0.1) is 17.9 Å². The first-order valence-corrected chi connectivity index (χ1v) is 12.0. The smallest absolute Gasteiger partial charge is 0.304 e. The van der Waals surface area contributed by atoms with Gasteiger partial charge in [0.1, 0.15) is 0 Å². The Balaban J connectivity index is 1.56. The van der Waals surface area contributed by atoms with Crippen LogP contribution in [0.2, 0.25) is 0 Å². The number of nitrogens with one attached hydrogen (secondary N) is 1. The van der Waals surface area contributed by atoms with Gasteiger partial charge >= 0.3 is 5.97 Å². The first-order chi connectivity index (χ1) is 14.4. The summed E-state index contributed by atoms with van der Waals surface area (Å²) in [6.07, 6.45) is 9.00. The van der Waals surface area contributed by atoms with E-state index in [1.165, 1.54) is 44.2 Å². The van der Waals surface area contributed by atoms with Crippen molar-refractivity contribution < 1.29 is 22.8 Å². The van der Waals surface area contributed by atoms with Gasteiger partial charge in [0.15, 0.2) is 5.82 Å². The molecule has 0 amide bonds. The first-order valence-electron chi connectivity index (χ1n) is 10.5. The van der Waals surface area contributed by atoms with Gasteiger partial charge in [-0.15, -0.1) is 0 Å². The summed E-state index contributed by atoms with van der Waals surface area (Å²) in [5.41, 5.74) is 0. The van der Waals surface area contributed by atoms with Crippen LogP contribution in [0.25, 0.3) is 0 Å². The molecule has 0 aliphatic heterocycles. The molecule has 1 aromatic heterocycles. The largest absolute Gasteiger partial charge is 0.481 e. The lowest BCUT2D eigenvalue weighted by Crippen LogP contribution is -2.23. The Morgan fingerprint density at radius 2 is 1.93 bits per heavy atom. The quantitative estimate of drug-likeness (QED) is 0.549. The van der Waals surface area contributed by atoms with Crippen LogP contribution in [-0.2, 0) is 21.4 Å².